The highest BCUT2D eigenvalue weighted by molar-refractivity contribution is 6.18. The van der Waals surface area contributed by atoms with E-state index in [1.54, 1.807) is 0 Å². The van der Waals surface area contributed by atoms with E-state index in [0.717, 1.165) is 55.5 Å². The van der Waals surface area contributed by atoms with Gasteiger partial charge < -0.3 is 13.6 Å². The molecule has 0 atom stereocenters. The summed E-state index contributed by atoms with van der Waals surface area (Å²) in [6, 6.07) is 60.5. The molecule has 0 unspecified atom stereocenters. The minimum absolute atomic E-state index is 0.909. The van der Waals surface area contributed by atoms with Gasteiger partial charge in [-0.2, -0.15) is 0 Å². The molecule has 3 nitrogen and oxygen atoms in total. The van der Waals surface area contributed by atoms with Gasteiger partial charge in [-0.1, -0.05) is 121 Å². The van der Waals surface area contributed by atoms with Crippen LogP contribution in [-0.4, -0.2) is 9.13 Å². The summed E-state index contributed by atoms with van der Waals surface area (Å²) in [6.07, 6.45) is 0. The van der Waals surface area contributed by atoms with Crippen molar-refractivity contribution in [3.05, 3.63) is 170 Å². The molecule has 0 spiro atoms. The number of rotatable bonds is 4. The lowest BCUT2D eigenvalue weighted by Crippen LogP contribution is -1.95. The molecule has 0 N–H and O–H groups in total. The Morgan fingerprint density at radius 1 is 0.319 bits per heavy atom. The maximum Gasteiger partial charge on any atom is 0.161 e. The Morgan fingerprint density at radius 3 is 1.49 bits per heavy atom. The van der Waals surface area contributed by atoms with Gasteiger partial charge in [0.25, 0.3) is 0 Å². The number of benzene rings is 7. The summed E-state index contributed by atoms with van der Waals surface area (Å²) < 4.78 is 11.5. The van der Waals surface area contributed by atoms with E-state index in [1.807, 2.05) is 0 Å². The van der Waals surface area contributed by atoms with Crippen LogP contribution in [0.15, 0.2) is 174 Å². The highest BCUT2D eigenvalue weighted by Gasteiger charge is 2.21. The van der Waals surface area contributed by atoms with Gasteiger partial charge in [-0.25, -0.2) is 0 Å². The fraction of sp³-hybridized carbons (Fsp3) is 0. The first-order chi connectivity index (χ1) is 23.3. The molecule has 0 saturated carbocycles. The Morgan fingerprint density at radius 2 is 0.809 bits per heavy atom. The third-order valence-corrected chi connectivity index (χ3v) is 9.53. The van der Waals surface area contributed by atoms with Gasteiger partial charge in [0.15, 0.2) is 5.58 Å². The van der Waals surface area contributed by atoms with Gasteiger partial charge in [0.05, 0.1) is 16.6 Å². The molecule has 10 aromatic rings. The Hall–Kier alpha value is -6.32. The Labute approximate surface area is 271 Å². The predicted molar refractivity (Wildman–Crippen MR) is 196 cm³/mol. The van der Waals surface area contributed by atoms with Crippen molar-refractivity contribution >= 4 is 54.8 Å². The van der Waals surface area contributed by atoms with E-state index in [-0.39, 0.29) is 0 Å². The van der Waals surface area contributed by atoms with Gasteiger partial charge in [-0.05, 0) is 59.7 Å². The zero-order valence-electron chi connectivity index (χ0n) is 25.5. The standard InChI is InChI=1S/C44H28N2O/c1-3-13-31(14-4-1)45-39-23-9-7-17-35(39)36-21-11-19-33(41(36)45)29-25-27-30(28-26-29)34-20-12-22-38-42-44(47-43(34)38)37-18-8-10-24-40(37)46(42)32-15-5-2-6-16-32/h1-28H. The van der Waals surface area contributed by atoms with Crippen molar-refractivity contribution in [2.24, 2.45) is 0 Å². The Balaban J connectivity index is 1.16. The third kappa shape index (κ3) is 3.81. The summed E-state index contributed by atoms with van der Waals surface area (Å²) in [4.78, 5) is 0. The van der Waals surface area contributed by atoms with Crippen LogP contribution < -0.4 is 0 Å². The summed E-state index contributed by atoms with van der Waals surface area (Å²) in [7, 11) is 0. The van der Waals surface area contributed by atoms with Crippen molar-refractivity contribution in [1.82, 2.24) is 9.13 Å². The third-order valence-electron chi connectivity index (χ3n) is 9.53. The molecule has 0 bridgehead atoms. The van der Waals surface area contributed by atoms with Crippen molar-refractivity contribution in [2.75, 3.05) is 0 Å². The molecule has 0 radical (unpaired) electrons. The topological polar surface area (TPSA) is 23.0 Å². The van der Waals surface area contributed by atoms with E-state index in [9.17, 15) is 0 Å². The number of hydrogen-bond acceptors (Lipinski definition) is 1. The van der Waals surface area contributed by atoms with Crippen LogP contribution in [0.2, 0.25) is 0 Å². The SMILES string of the molecule is c1ccc(-n2c3ccccc3c3cccc(-c4ccc(-c5cccc6c5oc5c7ccccc7n(-c7ccccc7)c65)cc4)c32)cc1. The van der Waals surface area contributed by atoms with E-state index in [1.165, 1.54) is 32.9 Å². The second-order valence-corrected chi connectivity index (χ2v) is 12.1. The second kappa shape index (κ2) is 10.1. The number of hydrogen-bond donors (Lipinski definition) is 0. The van der Waals surface area contributed by atoms with E-state index in [4.69, 9.17) is 4.42 Å². The summed E-state index contributed by atoms with van der Waals surface area (Å²) in [5.74, 6) is 0. The first-order valence-corrected chi connectivity index (χ1v) is 16.0. The fourth-order valence-electron chi connectivity index (χ4n) is 7.49. The van der Waals surface area contributed by atoms with Gasteiger partial charge in [0.1, 0.15) is 11.1 Å². The highest BCUT2D eigenvalue weighted by Crippen LogP contribution is 2.43. The molecule has 7 aromatic carbocycles. The number of para-hydroxylation sites is 6. The molecule has 0 saturated heterocycles. The average molecular weight is 601 g/mol. The van der Waals surface area contributed by atoms with Crippen LogP contribution in [0.1, 0.15) is 0 Å². The summed E-state index contributed by atoms with van der Waals surface area (Å²) in [5, 5.41) is 4.74. The molecule has 220 valence electrons. The average Bonchev–Trinajstić information content (AvgIpc) is 3.80. The maximum atomic E-state index is 6.80. The molecule has 0 amide bonds. The number of furan rings is 1. The zero-order valence-corrected chi connectivity index (χ0v) is 25.5. The highest BCUT2D eigenvalue weighted by atomic mass is 16.3. The van der Waals surface area contributed by atoms with Crippen LogP contribution in [0.3, 0.4) is 0 Å². The van der Waals surface area contributed by atoms with Gasteiger partial charge in [0, 0.05) is 44.0 Å². The van der Waals surface area contributed by atoms with Crippen LogP contribution >= 0.6 is 0 Å². The summed E-state index contributed by atoms with van der Waals surface area (Å²) in [5.41, 5.74) is 13.4. The van der Waals surface area contributed by atoms with Gasteiger partial charge in [0.2, 0.25) is 0 Å². The lowest BCUT2D eigenvalue weighted by molar-refractivity contribution is 0.674. The lowest BCUT2D eigenvalue weighted by Gasteiger charge is -2.12. The van der Waals surface area contributed by atoms with Crippen molar-refractivity contribution < 1.29 is 4.42 Å². The molecule has 3 heterocycles. The first kappa shape index (κ1) is 26.0. The molecule has 47 heavy (non-hydrogen) atoms. The lowest BCUT2D eigenvalue weighted by atomic mass is 9.97. The van der Waals surface area contributed by atoms with E-state index in [2.05, 4.69) is 179 Å². The minimum Gasteiger partial charge on any atom is -0.453 e. The van der Waals surface area contributed by atoms with Crippen LogP contribution in [0, 0.1) is 0 Å². The molecular formula is C44H28N2O. The van der Waals surface area contributed by atoms with Crippen LogP contribution in [0.4, 0.5) is 0 Å². The van der Waals surface area contributed by atoms with Crippen molar-refractivity contribution in [1.29, 1.82) is 0 Å². The van der Waals surface area contributed by atoms with E-state index < -0.39 is 0 Å². The van der Waals surface area contributed by atoms with E-state index in [0.29, 0.717) is 0 Å². The predicted octanol–water partition coefficient (Wildman–Crippen LogP) is 12.0. The van der Waals surface area contributed by atoms with Gasteiger partial charge in [-0.15, -0.1) is 0 Å². The van der Waals surface area contributed by atoms with Crippen LogP contribution in [-0.2, 0) is 0 Å². The Kier molecular flexibility index (Phi) is 5.57. The maximum absolute atomic E-state index is 6.80. The van der Waals surface area contributed by atoms with Crippen molar-refractivity contribution in [3.63, 3.8) is 0 Å². The molecular weight excluding hydrogens is 572 g/mol. The molecule has 10 rings (SSSR count). The smallest absolute Gasteiger partial charge is 0.161 e. The molecule has 0 fully saturated rings. The molecule has 3 aromatic heterocycles. The van der Waals surface area contributed by atoms with Crippen LogP contribution in [0.25, 0.3) is 88.4 Å². The fourth-order valence-corrected chi connectivity index (χ4v) is 7.49. The zero-order chi connectivity index (χ0) is 30.9. The normalized spacial score (nSPS) is 11.8. The Bertz CT molecular complexity index is 2760. The van der Waals surface area contributed by atoms with Crippen molar-refractivity contribution in [3.8, 4) is 33.6 Å². The molecule has 0 aliphatic carbocycles. The van der Waals surface area contributed by atoms with E-state index >= 15 is 0 Å². The van der Waals surface area contributed by atoms with Crippen molar-refractivity contribution in [2.45, 2.75) is 0 Å². The first-order valence-electron chi connectivity index (χ1n) is 16.0. The monoisotopic (exact) mass is 600 g/mol. The summed E-state index contributed by atoms with van der Waals surface area (Å²) >= 11 is 0. The number of aromatic nitrogens is 2. The second-order valence-electron chi connectivity index (χ2n) is 12.1. The number of nitrogens with zero attached hydrogens (tertiary/aromatic N) is 2. The minimum atomic E-state index is 0.909. The van der Waals surface area contributed by atoms with Gasteiger partial charge >= 0.3 is 0 Å². The quantitative estimate of drug-likeness (QED) is 0.197. The number of fused-ring (bicyclic) bond motifs is 8. The summed E-state index contributed by atoms with van der Waals surface area (Å²) in [6.45, 7) is 0. The van der Waals surface area contributed by atoms with Crippen LogP contribution in [0.5, 0.6) is 0 Å². The largest absolute Gasteiger partial charge is 0.453 e. The molecule has 3 heteroatoms. The molecule has 0 aliphatic rings. The van der Waals surface area contributed by atoms with Gasteiger partial charge in [-0.3, -0.25) is 0 Å². The molecule has 0 aliphatic heterocycles.